The van der Waals surface area contributed by atoms with Crippen molar-refractivity contribution in [2.24, 2.45) is 0 Å². The molecule has 4 aromatic rings. The molecule has 0 bridgehead atoms. The third-order valence-corrected chi connectivity index (χ3v) is 9.64. The fourth-order valence-corrected chi connectivity index (χ4v) is 6.77. The Bertz CT molecular complexity index is 1900. The highest BCUT2D eigenvalue weighted by molar-refractivity contribution is 9.10. The Labute approximate surface area is 269 Å². The Morgan fingerprint density at radius 2 is 1.70 bits per heavy atom. The molecule has 0 saturated heterocycles. The van der Waals surface area contributed by atoms with Gasteiger partial charge in [-0.05, 0) is 80.1 Å². The molecule has 0 saturated carbocycles. The van der Waals surface area contributed by atoms with Crippen molar-refractivity contribution in [3.63, 3.8) is 0 Å². The van der Waals surface area contributed by atoms with Gasteiger partial charge in [0.2, 0.25) is 10.0 Å². The van der Waals surface area contributed by atoms with Gasteiger partial charge in [0.05, 0.1) is 35.4 Å². The lowest BCUT2D eigenvalue weighted by Crippen LogP contribution is -2.30. The van der Waals surface area contributed by atoms with Crippen molar-refractivity contribution in [1.82, 2.24) is 4.31 Å². The Morgan fingerprint density at radius 3 is 2.36 bits per heavy atom. The summed E-state index contributed by atoms with van der Waals surface area (Å²) in [5.41, 5.74) is 3.05. The van der Waals surface area contributed by atoms with Gasteiger partial charge in [0, 0.05) is 21.7 Å². The Hall–Kier alpha value is -3.96. The summed E-state index contributed by atoms with van der Waals surface area (Å²) in [4.78, 5) is 28.0. The van der Waals surface area contributed by atoms with E-state index < -0.39 is 21.9 Å². The molecule has 226 valence electrons. The summed E-state index contributed by atoms with van der Waals surface area (Å²) in [7, 11) is -2.70. The van der Waals surface area contributed by atoms with E-state index in [-0.39, 0.29) is 34.9 Å². The first kappa shape index (κ1) is 31.5. The molecule has 0 spiro atoms. The van der Waals surface area contributed by atoms with E-state index in [0.717, 1.165) is 15.6 Å². The van der Waals surface area contributed by atoms with Crippen LogP contribution in [0.3, 0.4) is 0 Å². The van der Waals surface area contributed by atoms with Crippen LogP contribution in [0.15, 0.2) is 116 Å². The minimum absolute atomic E-state index is 0.0845. The van der Waals surface area contributed by atoms with Crippen molar-refractivity contribution in [3.8, 4) is 0 Å². The van der Waals surface area contributed by atoms with E-state index in [1.54, 1.807) is 37.3 Å². The van der Waals surface area contributed by atoms with E-state index in [2.05, 4.69) is 15.9 Å². The second-order valence-electron chi connectivity index (χ2n) is 10.1. The van der Waals surface area contributed by atoms with Crippen LogP contribution in [-0.4, -0.2) is 31.7 Å². The van der Waals surface area contributed by atoms with Gasteiger partial charge in [-0.1, -0.05) is 63.4 Å². The molecule has 0 aliphatic carbocycles. The summed E-state index contributed by atoms with van der Waals surface area (Å²) in [6, 6.07) is 24.0. The molecule has 8 nitrogen and oxygen atoms in total. The molecule has 1 amide bonds. The molecule has 0 fully saturated rings. The number of halogens is 2. The predicted molar refractivity (Wildman–Crippen MR) is 172 cm³/mol. The lowest BCUT2D eigenvalue weighted by molar-refractivity contribution is -0.136. The van der Waals surface area contributed by atoms with Gasteiger partial charge in [-0.25, -0.2) is 13.2 Å². The van der Waals surface area contributed by atoms with Crippen LogP contribution in [-0.2, 0) is 37.4 Å². The molecule has 0 unspecified atom stereocenters. The number of furan rings is 1. The second-order valence-corrected chi connectivity index (χ2v) is 13.4. The first-order valence-electron chi connectivity index (χ1n) is 13.5. The maximum atomic E-state index is 13.7. The number of aryl methyl sites for hydroxylation is 1. The number of hydrogen-bond acceptors (Lipinski definition) is 6. The van der Waals surface area contributed by atoms with Crippen LogP contribution in [0.25, 0.3) is 6.08 Å². The highest BCUT2D eigenvalue weighted by Crippen LogP contribution is 2.36. The van der Waals surface area contributed by atoms with Crippen LogP contribution in [0.4, 0.5) is 5.69 Å². The number of carbonyl (C=O) groups is 2. The monoisotopic (exact) mass is 694 g/mol. The van der Waals surface area contributed by atoms with Gasteiger partial charge >= 0.3 is 5.97 Å². The molecule has 0 atom stereocenters. The number of allylic oxidation sites excluding steroid dienone is 1. The summed E-state index contributed by atoms with van der Waals surface area (Å²) in [5.74, 6) is -0.473. The number of esters is 1. The number of benzene rings is 3. The van der Waals surface area contributed by atoms with E-state index in [1.807, 2.05) is 37.3 Å². The van der Waals surface area contributed by atoms with Gasteiger partial charge in [0.1, 0.15) is 11.5 Å². The molecule has 3 aromatic carbocycles. The number of carbonyl (C=O) groups excluding carboxylic acids is 2. The van der Waals surface area contributed by atoms with Crippen molar-refractivity contribution in [2.45, 2.75) is 31.8 Å². The number of sulfonamides is 1. The Kier molecular flexibility index (Phi) is 9.26. The molecule has 5 rings (SSSR count). The van der Waals surface area contributed by atoms with Gasteiger partial charge < -0.3 is 9.15 Å². The van der Waals surface area contributed by atoms with Crippen LogP contribution in [0.5, 0.6) is 0 Å². The van der Waals surface area contributed by atoms with Crippen molar-refractivity contribution in [1.29, 1.82) is 0 Å². The molecule has 2 heterocycles. The van der Waals surface area contributed by atoms with Crippen molar-refractivity contribution in [2.75, 3.05) is 12.0 Å². The zero-order valence-electron chi connectivity index (χ0n) is 24.1. The van der Waals surface area contributed by atoms with Gasteiger partial charge in [0.25, 0.3) is 5.91 Å². The molecule has 1 aromatic heterocycles. The van der Waals surface area contributed by atoms with Gasteiger partial charge in [0.15, 0.2) is 0 Å². The lowest BCUT2D eigenvalue weighted by Gasteiger charge is -2.21. The van der Waals surface area contributed by atoms with Crippen LogP contribution in [0.2, 0.25) is 5.02 Å². The normalized spacial score (nSPS) is 14.6. The van der Waals surface area contributed by atoms with Gasteiger partial charge in [-0.2, -0.15) is 4.31 Å². The maximum Gasteiger partial charge on any atom is 0.340 e. The number of rotatable bonds is 9. The van der Waals surface area contributed by atoms with Crippen LogP contribution in [0.1, 0.15) is 29.6 Å². The molecule has 11 heteroatoms. The largest absolute Gasteiger partial charge is 0.465 e. The van der Waals surface area contributed by atoms with Crippen molar-refractivity contribution >= 4 is 61.2 Å². The first-order chi connectivity index (χ1) is 21.0. The van der Waals surface area contributed by atoms with E-state index in [9.17, 15) is 18.0 Å². The highest BCUT2D eigenvalue weighted by Gasteiger charge is 2.38. The van der Waals surface area contributed by atoms with Crippen LogP contribution < -0.4 is 4.90 Å². The quantitative estimate of drug-likeness (QED) is 0.135. The number of anilines is 1. The molecular weight excluding hydrogens is 668 g/mol. The second kappa shape index (κ2) is 13.0. The average molecular weight is 696 g/mol. The number of ether oxygens (including phenoxy) is 1. The van der Waals surface area contributed by atoms with E-state index in [0.29, 0.717) is 22.2 Å². The van der Waals surface area contributed by atoms with E-state index in [1.165, 1.54) is 46.7 Å². The number of methoxy groups -OCH3 is 1. The van der Waals surface area contributed by atoms with Gasteiger partial charge in [-0.3, -0.25) is 9.69 Å². The lowest BCUT2D eigenvalue weighted by atomic mass is 10.1. The number of amides is 1. The predicted octanol–water partition coefficient (Wildman–Crippen LogP) is 7.27. The average Bonchev–Trinajstić information content (AvgIpc) is 3.54. The Balaban J connectivity index is 1.48. The molecule has 44 heavy (non-hydrogen) atoms. The number of hydrogen-bond donors (Lipinski definition) is 0. The third kappa shape index (κ3) is 6.58. The minimum atomic E-state index is -3.95. The standard InChI is InChI=1S/C33H28BrClN2O6S/c1-21-7-9-23(10-8-21)19-36(44(40,41)29-15-11-25(35)12-16-29)20-28-14-13-27(43-28)18-30-31(33(39)42-3)22(2)37(32(30)38)26-6-4-5-24(34)17-26/h4-18H,19-20H2,1-3H3/b30-18+. The number of nitrogens with zero attached hydrogens (tertiary/aromatic N) is 2. The van der Waals surface area contributed by atoms with E-state index in [4.69, 9.17) is 20.8 Å². The minimum Gasteiger partial charge on any atom is -0.465 e. The summed E-state index contributed by atoms with van der Waals surface area (Å²) in [5, 5.41) is 0.424. The van der Waals surface area contributed by atoms with E-state index >= 15 is 0 Å². The first-order valence-corrected chi connectivity index (χ1v) is 16.1. The fourth-order valence-electron chi connectivity index (χ4n) is 4.86. The maximum absolute atomic E-state index is 13.7. The van der Waals surface area contributed by atoms with Crippen LogP contribution >= 0.6 is 27.5 Å². The molecule has 1 aliphatic heterocycles. The smallest absolute Gasteiger partial charge is 0.340 e. The molecule has 0 N–H and O–H groups in total. The summed E-state index contributed by atoms with van der Waals surface area (Å²) >= 11 is 9.43. The zero-order valence-corrected chi connectivity index (χ0v) is 27.2. The molecular formula is C33H28BrClN2O6S. The SMILES string of the molecule is COC(=O)C1=C(C)N(c2cccc(Br)c2)C(=O)/C1=C/c1ccc(CN(Cc2ccc(C)cc2)S(=O)(=O)c2ccc(Cl)cc2)o1. The topological polar surface area (TPSA) is 97.1 Å². The summed E-state index contributed by atoms with van der Waals surface area (Å²) < 4.78 is 40.6. The molecule has 1 aliphatic rings. The summed E-state index contributed by atoms with van der Waals surface area (Å²) in [6.07, 6.45) is 1.47. The Morgan fingerprint density at radius 1 is 1.00 bits per heavy atom. The molecule has 0 radical (unpaired) electrons. The van der Waals surface area contributed by atoms with Crippen LogP contribution in [0, 0.1) is 6.92 Å². The van der Waals surface area contributed by atoms with Crippen molar-refractivity contribution < 1.29 is 27.2 Å². The zero-order chi connectivity index (χ0) is 31.6. The van der Waals surface area contributed by atoms with Gasteiger partial charge in [-0.15, -0.1) is 0 Å². The highest BCUT2D eigenvalue weighted by atomic mass is 79.9. The fraction of sp³-hybridized carbons (Fsp3) is 0.152. The summed E-state index contributed by atoms with van der Waals surface area (Å²) in [6.45, 7) is 3.64. The van der Waals surface area contributed by atoms with Crippen molar-refractivity contribution in [3.05, 3.63) is 134 Å². The third-order valence-electron chi connectivity index (χ3n) is 7.09.